The monoisotopic (exact) mass is 306 g/mol. The van der Waals surface area contributed by atoms with Gasteiger partial charge in [-0.25, -0.2) is 0 Å². The van der Waals surface area contributed by atoms with Gasteiger partial charge < -0.3 is 0 Å². The van der Waals surface area contributed by atoms with E-state index in [2.05, 4.69) is 82.3 Å². The van der Waals surface area contributed by atoms with Crippen molar-refractivity contribution in [1.29, 1.82) is 0 Å². The molecule has 2 rings (SSSR count). The first-order valence-corrected chi connectivity index (χ1v) is 8.84. The second kappa shape index (κ2) is 8.72. The molecule has 1 unspecified atom stereocenters. The second-order valence-electron chi connectivity index (χ2n) is 6.84. The van der Waals surface area contributed by atoms with E-state index in [1.165, 1.54) is 47.1 Å². The van der Waals surface area contributed by atoms with Crippen molar-refractivity contribution >= 4 is 0 Å². The molecule has 0 heterocycles. The summed E-state index contributed by atoms with van der Waals surface area (Å²) >= 11 is 0. The summed E-state index contributed by atoms with van der Waals surface area (Å²) in [6.45, 7) is 8.99. The lowest BCUT2D eigenvalue weighted by molar-refractivity contribution is 0.578. The fourth-order valence-corrected chi connectivity index (χ4v) is 2.89. The zero-order valence-corrected chi connectivity index (χ0v) is 15.1. The van der Waals surface area contributed by atoms with E-state index in [0.29, 0.717) is 5.92 Å². The Bertz CT molecular complexity index is 621. The number of rotatable bonds is 6. The maximum absolute atomic E-state index is 2.37. The Morgan fingerprint density at radius 1 is 1.17 bits per heavy atom. The Morgan fingerprint density at radius 2 is 1.91 bits per heavy atom. The lowest BCUT2D eigenvalue weighted by atomic mass is 9.92. The van der Waals surface area contributed by atoms with Gasteiger partial charge in [0.2, 0.25) is 0 Å². The van der Waals surface area contributed by atoms with Crippen LogP contribution < -0.4 is 0 Å². The van der Waals surface area contributed by atoms with E-state index in [1.807, 2.05) is 0 Å². The number of hydrogen-bond acceptors (Lipinski definition) is 0. The molecular formula is C23H30. The quantitative estimate of drug-likeness (QED) is 0.546. The van der Waals surface area contributed by atoms with Gasteiger partial charge in [-0.15, -0.1) is 0 Å². The van der Waals surface area contributed by atoms with Crippen molar-refractivity contribution < 1.29 is 0 Å². The molecule has 1 aromatic rings. The molecule has 0 radical (unpaired) electrons. The molecule has 0 N–H and O–H groups in total. The largest absolute Gasteiger partial charge is 0.0807 e. The third kappa shape index (κ3) is 5.71. The van der Waals surface area contributed by atoms with Gasteiger partial charge in [0.15, 0.2) is 0 Å². The van der Waals surface area contributed by atoms with Crippen molar-refractivity contribution in [2.24, 2.45) is 5.92 Å². The Hall–Kier alpha value is -1.82. The first-order chi connectivity index (χ1) is 11.1. The molecule has 0 fully saturated rings. The fraction of sp³-hybridized carbons (Fsp3) is 0.391. The molecule has 1 atom stereocenters. The minimum atomic E-state index is 0.640. The molecule has 0 heteroatoms. The van der Waals surface area contributed by atoms with Crippen LogP contribution >= 0.6 is 0 Å². The highest BCUT2D eigenvalue weighted by Gasteiger charge is 2.07. The average Bonchev–Trinajstić information content (AvgIpc) is 2.74. The summed E-state index contributed by atoms with van der Waals surface area (Å²) in [5.41, 5.74) is 7.04. The van der Waals surface area contributed by atoms with Crippen LogP contribution in [-0.4, -0.2) is 0 Å². The van der Waals surface area contributed by atoms with E-state index >= 15 is 0 Å². The van der Waals surface area contributed by atoms with Crippen LogP contribution in [0.15, 0.2) is 71.4 Å². The summed E-state index contributed by atoms with van der Waals surface area (Å²) < 4.78 is 0. The van der Waals surface area contributed by atoms with Crippen LogP contribution in [0.5, 0.6) is 0 Å². The number of benzene rings is 1. The van der Waals surface area contributed by atoms with Crippen LogP contribution in [0.3, 0.4) is 0 Å². The van der Waals surface area contributed by atoms with Crippen molar-refractivity contribution in [2.45, 2.75) is 53.4 Å². The number of hydrogen-bond donors (Lipinski definition) is 0. The first kappa shape index (κ1) is 17.5. The highest BCUT2D eigenvalue weighted by molar-refractivity contribution is 5.44. The molecule has 122 valence electrons. The van der Waals surface area contributed by atoms with Crippen molar-refractivity contribution in [3.8, 4) is 0 Å². The van der Waals surface area contributed by atoms with Crippen LogP contribution in [-0.2, 0) is 6.42 Å². The maximum Gasteiger partial charge on any atom is -0.0160 e. The first-order valence-electron chi connectivity index (χ1n) is 8.84. The molecule has 1 aliphatic carbocycles. The van der Waals surface area contributed by atoms with Gasteiger partial charge in [-0.3, -0.25) is 0 Å². The van der Waals surface area contributed by atoms with Crippen molar-refractivity contribution in [3.63, 3.8) is 0 Å². The predicted octanol–water partition coefficient (Wildman–Crippen LogP) is 6.73. The van der Waals surface area contributed by atoms with Gasteiger partial charge in [-0.05, 0) is 69.1 Å². The van der Waals surface area contributed by atoms with E-state index in [-0.39, 0.29) is 0 Å². The summed E-state index contributed by atoms with van der Waals surface area (Å²) in [6, 6.07) is 8.95. The molecule has 0 saturated heterocycles. The minimum absolute atomic E-state index is 0.640. The van der Waals surface area contributed by atoms with Gasteiger partial charge in [-0.2, -0.15) is 0 Å². The number of allylic oxidation sites excluding steroid dienone is 8. The molecule has 0 bridgehead atoms. The highest BCUT2D eigenvalue weighted by atomic mass is 14.1. The maximum atomic E-state index is 2.37. The smallest absolute Gasteiger partial charge is 0.0160 e. The van der Waals surface area contributed by atoms with Crippen LogP contribution in [0.2, 0.25) is 0 Å². The Labute approximate surface area is 142 Å². The average molecular weight is 306 g/mol. The normalized spacial score (nSPS) is 16.6. The molecule has 0 spiro atoms. The van der Waals surface area contributed by atoms with Crippen molar-refractivity contribution in [1.82, 2.24) is 0 Å². The third-order valence-corrected chi connectivity index (χ3v) is 4.81. The zero-order chi connectivity index (χ0) is 16.7. The molecule has 0 nitrogen and oxygen atoms in total. The summed E-state index contributed by atoms with van der Waals surface area (Å²) in [4.78, 5) is 0. The van der Waals surface area contributed by atoms with Crippen molar-refractivity contribution in [2.75, 3.05) is 0 Å². The predicted molar refractivity (Wildman–Crippen MR) is 103 cm³/mol. The van der Waals surface area contributed by atoms with Crippen LogP contribution in [0.25, 0.3) is 0 Å². The summed E-state index contributed by atoms with van der Waals surface area (Å²) in [5, 5.41) is 0. The Kier molecular flexibility index (Phi) is 6.65. The van der Waals surface area contributed by atoms with Crippen molar-refractivity contribution in [3.05, 3.63) is 82.5 Å². The zero-order valence-electron chi connectivity index (χ0n) is 15.1. The summed E-state index contributed by atoms with van der Waals surface area (Å²) in [6.07, 6.45) is 16.0. The lowest BCUT2D eigenvalue weighted by Gasteiger charge is -2.14. The fourth-order valence-electron chi connectivity index (χ4n) is 2.89. The molecule has 0 amide bonds. The topological polar surface area (TPSA) is 0 Å². The van der Waals surface area contributed by atoms with Crippen LogP contribution in [0.4, 0.5) is 0 Å². The SMILES string of the molecule is CC1=CCC=CC=C1C=C(C)C(C)CCCc1ccc(C)cc1. The number of aryl methyl sites for hydroxylation is 2. The van der Waals surface area contributed by atoms with E-state index in [9.17, 15) is 0 Å². The standard InChI is InChI=1S/C23H30/c1-18-13-15-22(16-14-18)11-8-10-19(2)21(4)17-23-12-7-5-6-9-20(23)3/h5,7,9,12-17,19H,6,8,10-11H2,1-4H3. The molecule has 0 aromatic heterocycles. The van der Waals surface area contributed by atoms with E-state index < -0.39 is 0 Å². The van der Waals surface area contributed by atoms with E-state index in [4.69, 9.17) is 0 Å². The molecule has 23 heavy (non-hydrogen) atoms. The summed E-state index contributed by atoms with van der Waals surface area (Å²) in [5.74, 6) is 0.640. The van der Waals surface area contributed by atoms with Gasteiger partial charge in [-0.1, -0.05) is 72.7 Å². The van der Waals surface area contributed by atoms with Gasteiger partial charge in [0.25, 0.3) is 0 Å². The Morgan fingerprint density at radius 3 is 2.65 bits per heavy atom. The lowest BCUT2D eigenvalue weighted by Crippen LogP contribution is -1.99. The molecule has 0 aliphatic heterocycles. The minimum Gasteiger partial charge on any atom is -0.0807 e. The third-order valence-electron chi connectivity index (χ3n) is 4.81. The molecule has 1 aliphatic rings. The van der Waals surface area contributed by atoms with E-state index in [0.717, 1.165) is 6.42 Å². The van der Waals surface area contributed by atoms with Gasteiger partial charge in [0, 0.05) is 0 Å². The second-order valence-corrected chi connectivity index (χ2v) is 6.84. The summed E-state index contributed by atoms with van der Waals surface area (Å²) in [7, 11) is 0. The van der Waals surface area contributed by atoms with Gasteiger partial charge in [0.1, 0.15) is 0 Å². The Balaban J connectivity index is 1.88. The van der Waals surface area contributed by atoms with E-state index in [1.54, 1.807) is 0 Å². The molecular weight excluding hydrogens is 276 g/mol. The van der Waals surface area contributed by atoms with Gasteiger partial charge in [0.05, 0.1) is 0 Å². The van der Waals surface area contributed by atoms with Crippen LogP contribution in [0.1, 0.15) is 51.2 Å². The van der Waals surface area contributed by atoms with Gasteiger partial charge >= 0.3 is 0 Å². The molecule has 0 saturated carbocycles. The van der Waals surface area contributed by atoms with Crippen LogP contribution in [0, 0.1) is 12.8 Å². The highest BCUT2D eigenvalue weighted by Crippen LogP contribution is 2.23. The molecule has 1 aromatic carbocycles.